The lowest BCUT2D eigenvalue weighted by Gasteiger charge is -2.22. The van der Waals surface area contributed by atoms with Gasteiger partial charge >= 0.3 is 0 Å². The number of rotatable bonds is 4. The second-order valence-electron chi connectivity index (χ2n) is 4.61. The van der Waals surface area contributed by atoms with Crippen LogP contribution in [0, 0.1) is 5.41 Å². The second-order valence-corrected chi connectivity index (χ2v) is 4.61. The van der Waals surface area contributed by atoms with E-state index in [9.17, 15) is 5.11 Å². The zero-order valence-corrected chi connectivity index (χ0v) is 8.92. The van der Waals surface area contributed by atoms with Crippen LogP contribution in [0.15, 0.2) is 0 Å². The number of aliphatic hydroxyl groups excluding tert-OH is 1. The van der Waals surface area contributed by atoms with E-state index >= 15 is 0 Å². The Morgan fingerprint density at radius 3 is 2.17 bits per heavy atom. The molecule has 2 nitrogen and oxygen atoms in total. The maximum absolute atomic E-state index is 9.56. The van der Waals surface area contributed by atoms with Crippen LogP contribution in [-0.2, 0) is 4.74 Å². The molecular formula is C10H22O2. The largest absolute Gasteiger partial charge is 0.390 e. The Labute approximate surface area is 75.9 Å². The summed E-state index contributed by atoms with van der Waals surface area (Å²) < 4.78 is 5.03. The van der Waals surface area contributed by atoms with Crippen molar-refractivity contribution in [1.82, 2.24) is 0 Å². The highest BCUT2D eigenvalue weighted by molar-refractivity contribution is 4.69. The maximum atomic E-state index is 9.56. The molecule has 2 atom stereocenters. The normalized spacial score (nSPS) is 17.5. The van der Waals surface area contributed by atoms with E-state index in [2.05, 4.69) is 20.8 Å². The average Bonchev–Trinajstić information content (AvgIpc) is 1.97. The predicted molar refractivity (Wildman–Crippen MR) is 51.2 cm³/mol. The molecule has 0 aliphatic carbocycles. The number of hydrogen-bond acceptors (Lipinski definition) is 2. The molecule has 0 rings (SSSR count). The molecule has 2 unspecified atom stereocenters. The number of methoxy groups -OCH3 is 1. The van der Waals surface area contributed by atoms with Crippen molar-refractivity contribution in [2.24, 2.45) is 5.41 Å². The summed E-state index contributed by atoms with van der Waals surface area (Å²) in [6, 6.07) is 0. The highest BCUT2D eigenvalue weighted by atomic mass is 16.5. The van der Waals surface area contributed by atoms with Gasteiger partial charge < -0.3 is 9.84 Å². The number of ether oxygens (including phenoxy) is 1. The van der Waals surface area contributed by atoms with E-state index in [1.807, 2.05) is 6.92 Å². The SMILES string of the molecule is COC(C)C(O)CCC(C)(C)C. The molecule has 0 radical (unpaired) electrons. The van der Waals surface area contributed by atoms with Crippen LogP contribution in [-0.4, -0.2) is 24.4 Å². The number of hydrogen-bond donors (Lipinski definition) is 1. The van der Waals surface area contributed by atoms with Crippen molar-refractivity contribution in [2.45, 2.75) is 52.7 Å². The molecule has 0 aromatic carbocycles. The van der Waals surface area contributed by atoms with E-state index in [1.165, 1.54) is 0 Å². The molecule has 0 bridgehead atoms. The summed E-state index contributed by atoms with van der Waals surface area (Å²) in [7, 11) is 1.63. The Kier molecular flexibility index (Phi) is 4.80. The molecule has 1 N–H and O–H groups in total. The minimum Gasteiger partial charge on any atom is -0.390 e. The molecule has 0 aromatic heterocycles. The van der Waals surface area contributed by atoms with Crippen LogP contribution in [0.1, 0.15) is 40.5 Å². The first-order valence-corrected chi connectivity index (χ1v) is 4.57. The zero-order valence-electron chi connectivity index (χ0n) is 8.92. The van der Waals surface area contributed by atoms with Crippen LogP contribution in [0.5, 0.6) is 0 Å². The van der Waals surface area contributed by atoms with Gasteiger partial charge in [-0.2, -0.15) is 0 Å². The van der Waals surface area contributed by atoms with Crippen molar-refractivity contribution in [3.05, 3.63) is 0 Å². The molecule has 0 aliphatic heterocycles. The van der Waals surface area contributed by atoms with Gasteiger partial charge in [0.15, 0.2) is 0 Å². The predicted octanol–water partition coefficient (Wildman–Crippen LogP) is 2.21. The van der Waals surface area contributed by atoms with Gasteiger partial charge in [-0.05, 0) is 25.2 Å². The second kappa shape index (κ2) is 4.83. The molecule has 0 heterocycles. The van der Waals surface area contributed by atoms with Crippen LogP contribution in [0.2, 0.25) is 0 Å². The average molecular weight is 174 g/mol. The Balaban J connectivity index is 3.64. The zero-order chi connectivity index (χ0) is 9.78. The Morgan fingerprint density at radius 1 is 1.33 bits per heavy atom. The highest BCUT2D eigenvalue weighted by Gasteiger charge is 2.17. The van der Waals surface area contributed by atoms with Crippen molar-refractivity contribution in [3.8, 4) is 0 Å². The lowest BCUT2D eigenvalue weighted by atomic mass is 9.88. The molecule has 0 aliphatic rings. The van der Waals surface area contributed by atoms with Crippen LogP contribution < -0.4 is 0 Å². The summed E-state index contributed by atoms with van der Waals surface area (Å²) in [6.07, 6.45) is 1.47. The molecule has 0 fully saturated rings. The Bertz CT molecular complexity index is 115. The molecule has 0 spiro atoms. The molecule has 0 saturated carbocycles. The molecule has 0 saturated heterocycles. The van der Waals surface area contributed by atoms with E-state index in [0.717, 1.165) is 12.8 Å². The van der Waals surface area contributed by atoms with Crippen molar-refractivity contribution in [2.75, 3.05) is 7.11 Å². The Morgan fingerprint density at radius 2 is 1.83 bits per heavy atom. The van der Waals surface area contributed by atoms with Crippen molar-refractivity contribution < 1.29 is 9.84 Å². The molecular weight excluding hydrogens is 152 g/mol. The van der Waals surface area contributed by atoms with Gasteiger partial charge in [-0.1, -0.05) is 20.8 Å². The van der Waals surface area contributed by atoms with Crippen molar-refractivity contribution in [3.63, 3.8) is 0 Å². The first-order valence-electron chi connectivity index (χ1n) is 4.57. The van der Waals surface area contributed by atoms with Crippen molar-refractivity contribution >= 4 is 0 Å². The van der Waals surface area contributed by atoms with E-state index in [-0.39, 0.29) is 12.2 Å². The lowest BCUT2D eigenvalue weighted by molar-refractivity contribution is -0.00894. The first kappa shape index (κ1) is 11.9. The summed E-state index contributed by atoms with van der Waals surface area (Å²) in [5.41, 5.74) is 0.300. The van der Waals surface area contributed by atoms with Crippen LogP contribution in [0.3, 0.4) is 0 Å². The molecule has 0 amide bonds. The molecule has 74 valence electrons. The summed E-state index contributed by atoms with van der Waals surface area (Å²) >= 11 is 0. The fraction of sp³-hybridized carbons (Fsp3) is 1.00. The van der Waals surface area contributed by atoms with E-state index in [1.54, 1.807) is 7.11 Å². The van der Waals surface area contributed by atoms with Gasteiger partial charge in [0.2, 0.25) is 0 Å². The lowest BCUT2D eigenvalue weighted by Crippen LogP contribution is -2.26. The minimum atomic E-state index is -0.325. The summed E-state index contributed by atoms with van der Waals surface area (Å²) in [4.78, 5) is 0. The fourth-order valence-corrected chi connectivity index (χ4v) is 0.973. The monoisotopic (exact) mass is 174 g/mol. The Hall–Kier alpha value is -0.0800. The molecule has 0 aromatic rings. The van der Waals surface area contributed by atoms with Gasteiger partial charge in [0.05, 0.1) is 12.2 Å². The van der Waals surface area contributed by atoms with Gasteiger partial charge in [-0.3, -0.25) is 0 Å². The van der Waals surface area contributed by atoms with Crippen molar-refractivity contribution in [1.29, 1.82) is 0 Å². The third-order valence-corrected chi connectivity index (χ3v) is 2.10. The summed E-state index contributed by atoms with van der Waals surface area (Å²) in [6.45, 7) is 8.43. The summed E-state index contributed by atoms with van der Waals surface area (Å²) in [5, 5.41) is 9.56. The standard InChI is InChI=1S/C10H22O2/c1-8(12-5)9(11)6-7-10(2,3)4/h8-9,11H,6-7H2,1-5H3. The molecule has 12 heavy (non-hydrogen) atoms. The fourth-order valence-electron chi connectivity index (χ4n) is 0.973. The third kappa shape index (κ3) is 5.56. The quantitative estimate of drug-likeness (QED) is 0.708. The van der Waals surface area contributed by atoms with Gasteiger partial charge in [-0.15, -0.1) is 0 Å². The molecule has 2 heteroatoms. The first-order chi connectivity index (χ1) is 5.37. The maximum Gasteiger partial charge on any atom is 0.0802 e. The van der Waals surface area contributed by atoms with Gasteiger partial charge in [0.1, 0.15) is 0 Å². The summed E-state index contributed by atoms with van der Waals surface area (Å²) in [5.74, 6) is 0. The van der Waals surface area contributed by atoms with Crippen LogP contribution in [0.25, 0.3) is 0 Å². The van der Waals surface area contributed by atoms with Gasteiger partial charge in [0, 0.05) is 7.11 Å². The van der Waals surface area contributed by atoms with Crippen LogP contribution in [0.4, 0.5) is 0 Å². The topological polar surface area (TPSA) is 29.5 Å². The van der Waals surface area contributed by atoms with Gasteiger partial charge in [-0.25, -0.2) is 0 Å². The minimum absolute atomic E-state index is 0.0488. The van der Waals surface area contributed by atoms with Gasteiger partial charge in [0.25, 0.3) is 0 Å². The van der Waals surface area contributed by atoms with E-state index in [0.29, 0.717) is 5.41 Å². The highest BCUT2D eigenvalue weighted by Crippen LogP contribution is 2.22. The third-order valence-electron chi connectivity index (χ3n) is 2.10. The van der Waals surface area contributed by atoms with E-state index in [4.69, 9.17) is 4.74 Å². The van der Waals surface area contributed by atoms with Crippen LogP contribution >= 0.6 is 0 Å². The van der Waals surface area contributed by atoms with E-state index < -0.39 is 0 Å². The number of aliphatic hydroxyl groups is 1. The smallest absolute Gasteiger partial charge is 0.0802 e.